The van der Waals surface area contributed by atoms with Gasteiger partial charge in [0.05, 0.1) is 30.3 Å². The molecule has 0 saturated heterocycles. The lowest BCUT2D eigenvalue weighted by atomic mass is 10.3. The van der Waals surface area contributed by atoms with E-state index in [0.29, 0.717) is 10.7 Å². The first kappa shape index (κ1) is 18.9. The summed E-state index contributed by atoms with van der Waals surface area (Å²) in [6, 6.07) is 6.90. The lowest BCUT2D eigenvalue weighted by Gasteiger charge is -2.17. The fraction of sp³-hybridized carbons (Fsp3) is 0.400. The second-order valence-corrected chi connectivity index (χ2v) is 5.67. The van der Waals surface area contributed by atoms with Crippen LogP contribution in [-0.2, 0) is 14.4 Å². The zero-order valence-corrected chi connectivity index (χ0v) is 14.2. The zero-order chi connectivity index (χ0) is 17.4. The standard InChI is InChI=1S/C15H21ClN4O3/c1-19(2)15(23)8-17-13(21)9-20(3)10-14(22)18-12-7-5-4-6-11(12)16/h4-7H,8-10H2,1-3H3,(H,17,21)(H,18,22). The molecule has 0 aromatic heterocycles. The smallest absolute Gasteiger partial charge is 0.241 e. The molecular formula is C15H21ClN4O3. The largest absolute Gasteiger partial charge is 0.347 e. The van der Waals surface area contributed by atoms with Crippen molar-refractivity contribution in [2.75, 3.05) is 46.1 Å². The highest BCUT2D eigenvalue weighted by atomic mass is 35.5. The van der Waals surface area contributed by atoms with Crippen molar-refractivity contribution in [3.8, 4) is 0 Å². The minimum absolute atomic E-state index is 0.0106. The Morgan fingerprint density at radius 1 is 1.04 bits per heavy atom. The number of para-hydroxylation sites is 1. The zero-order valence-electron chi connectivity index (χ0n) is 13.4. The SMILES string of the molecule is CN(CC(=O)NCC(=O)N(C)C)CC(=O)Nc1ccccc1Cl. The van der Waals surface area contributed by atoms with Crippen LogP contribution in [0.5, 0.6) is 0 Å². The lowest BCUT2D eigenvalue weighted by molar-refractivity contribution is -0.131. The van der Waals surface area contributed by atoms with Crippen LogP contribution in [0.25, 0.3) is 0 Å². The number of nitrogens with one attached hydrogen (secondary N) is 2. The highest BCUT2D eigenvalue weighted by Crippen LogP contribution is 2.20. The summed E-state index contributed by atoms with van der Waals surface area (Å²) < 4.78 is 0. The molecule has 0 heterocycles. The van der Waals surface area contributed by atoms with Crippen LogP contribution in [-0.4, -0.2) is 68.3 Å². The van der Waals surface area contributed by atoms with Crippen molar-refractivity contribution in [3.63, 3.8) is 0 Å². The van der Waals surface area contributed by atoms with E-state index in [2.05, 4.69) is 10.6 Å². The van der Waals surface area contributed by atoms with Crippen LogP contribution in [0.15, 0.2) is 24.3 Å². The van der Waals surface area contributed by atoms with Crippen molar-refractivity contribution in [1.29, 1.82) is 0 Å². The summed E-state index contributed by atoms with van der Waals surface area (Å²) in [7, 11) is 4.86. The molecule has 0 fully saturated rings. The molecule has 0 radical (unpaired) electrons. The van der Waals surface area contributed by atoms with Gasteiger partial charge in [-0.1, -0.05) is 23.7 Å². The molecular weight excluding hydrogens is 320 g/mol. The molecule has 2 N–H and O–H groups in total. The van der Waals surface area contributed by atoms with Crippen LogP contribution in [0.4, 0.5) is 5.69 Å². The fourth-order valence-electron chi connectivity index (χ4n) is 1.69. The van der Waals surface area contributed by atoms with Crippen LogP contribution in [0.3, 0.4) is 0 Å². The maximum Gasteiger partial charge on any atom is 0.241 e. The molecule has 1 aromatic carbocycles. The van der Waals surface area contributed by atoms with Crippen LogP contribution >= 0.6 is 11.6 Å². The number of anilines is 1. The van der Waals surface area contributed by atoms with Gasteiger partial charge < -0.3 is 15.5 Å². The van der Waals surface area contributed by atoms with E-state index in [1.54, 1.807) is 50.3 Å². The Morgan fingerprint density at radius 3 is 2.26 bits per heavy atom. The van der Waals surface area contributed by atoms with E-state index in [0.717, 1.165) is 0 Å². The number of carbonyl (C=O) groups excluding carboxylic acids is 3. The predicted octanol–water partition coefficient (Wildman–Crippen LogP) is 0.415. The van der Waals surface area contributed by atoms with Gasteiger partial charge in [-0.25, -0.2) is 0 Å². The predicted molar refractivity (Wildman–Crippen MR) is 89.3 cm³/mol. The van der Waals surface area contributed by atoms with E-state index in [1.165, 1.54) is 4.90 Å². The highest BCUT2D eigenvalue weighted by molar-refractivity contribution is 6.33. The minimum Gasteiger partial charge on any atom is -0.347 e. The van der Waals surface area contributed by atoms with Gasteiger partial charge in [0.25, 0.3) is 0 Å². The quantitative estimate of drug-likeness (QED) is 0.753. The third kappa shape index (κ3) is 7.12. The van der Waals surface area contributed by atoms with Gasteiger partial charge in [0.2, 0.25) is 17.7 Å². The minimum atomic E-state index is -0.326. The average Bonchev–Trinajstić information content (AvgIpc) is 2.46. The van der Waals surface area contributed by atoms with Gasteiger partial charge in [-0.15, -0.1) is 0 Å². The number of nitrogens with zero attached hydrogens (tertiary/aromatic N) is 2. The summed E-state index contributed by atoms with van der Waals surface area (Å²) in [4.78, 5) is 37.9. The number of likely N-dealkylation sites (N-methyl/N-ethyl adjacent to an activating group) is 2. The molecule has 1 aromatic rings. The van der Waals surface area contributed by atoms with Crippen molar-refractivity contribution in [2.45, 2.75) is 0 Å². The fourth-order valence-corrected chi connectivity index (χ4v) is 1.87. The van der Waals surface area contributed by atoms with E-state index in [-0.39, 0.29) is 37.4 Å². The van der Waals surface area contributed by atoms with Crippen molar-refractivity contribution in [2.24, 2.45) is 0 Å². The molecule has 0 unspecified atom stereocenters. The molecule has 126 valence electrons. The first-order valence-corrected chi connectivity index (χ1v) is 7.37. The summed E-state index contributed by atoms with van der Waals surface area (Å²) in [6.45, 7) is -0.0254. The van der Waals surface area contributed by atoms with Crippen LogP contribution in [0.1, 0.15) is 0 Å². The topological polar surface area (TPSA) is 81.8 Å². The molecule has 0 spiro atoms. The van der Waals surface area contributed by atoms with Gasteiger partial charge in [-0.05, 0) is 19.2 Å². The van der Waals surface area contributed by atoms with Gasteiger partial charge in [-0.3, -0.25) is 19.3 Å². The second kappa shape index (κ2) is 9.12. The molecule has 0 aliphatic heterocycles. The van der Waals surface area contributed by atoms with Crippen LogP contribution in [0, 0.1) is 0 Å². The summed E-state index contributed by atoms with van der Waals surface area (Å²) >= 11 is 5.96. The number of halogens is 1. The maximum absolute atomic E-state index is 11.9. The van der Waals surface area contributed by atoms with Crippen LogP contribution < -0.4 is 10.6 Å². The van der Waals surface area contributed by atoms with E-state index in [1.807, 2.05) is 0 Å². The summed E-state index contributed by atoms with van der Waals surface area (Å²) in [5.41, 5.74) is 0.522. The summed E-state index contributed by atoms with van der Waals surface area (Å²) in [5, 5.41) is 5.62. The van der Waals surface area contributed by atoms with E-state index in [4.69, 9.17) is 11.6 Å². The number of amides is 3. The number of rotatable bonds is 7. The Morgan fingerprint density at radius 2 is 1.65 bits per heavy atom. The van der Waals surface area contributed by atoms with Gasteiger partial charge in [0.15, 0.2) is 0 Å². The van der Waals surface area contributed by atoms with E-state index < -0.39 is 0 Å². The molecule has 8 heteroatoms. The molecule has 0 bridgehead atoms. The maximum atomic E-state index is 11.9. The highest BCUT2D eigenvalue weighted by Gasteiger charge is 2.13. The third-order valence-corrected chi connectivity index (χ3v) is 3.24. The molecule has 0 aliphatic rings. The normalized spacial score (nSPS) is 10.3. The Hall–Kier alpha value is -2.12. The van der Waals surface area contributed by atoms with Crippen molar-refractivity contribution < 1.29 is 14.4 Å². The molecule has 7 nitrogen and oxygen atoms in total. The second-order valence-electron chi connectivity index (χ2n) is 5.27. The first-order chi connectivity index (χ1) is 10.8. The molecule has 23 heavy (non-hydrogen) atoms. The lowest BCUT2D eigenvalue weighted by Crippen LogP contribution is -2.42. The Kier molecular flexibility index (Phi) is 7.50. The van der Waals surface area contributed by atoms with Crippen molar-refractivity contribution in [1.82, 2.24) is 15.1 Å². The van der Waals surface area contributed by atoms with Gasteiger partial charge in [-0.2, -0.15) is 0 Å². The number of hydrogen-bond donors (Lipinski definition) is 2. The monoisotopic (exact) mass is 340 g/mol. The number of carbonyl (C=O) groups is 3. The van der Waals surface area contributed by atoms with Crippen molar-refractivity contribution >= 4 is 35.0 Å². The first-order valence-electron chi connectivity index (χ1n) is 6.99. The van der Waals surface area contributed by atoms with E-state index >= 15 is 0 Å². The Labute approximate surface area is 140 Å². The van der Waals surface area contributed by atoms with Gasteiger partial charge in [0, 0.05) is 14.1 Å². The average molecular weight is 341 g/mol. The van der Waals surface area contributed by atoms with Crippen molar-refractivity contribution in [3.05, 3.63) is 29.3 Å². The summed E-state index contributed by atoms with van der Waals surface area (Å²) in [6.07, 6.45) is 0. The van der Waals surface area contributed by atoms with Gasteiger partial charge in [0.1, 0.15) is 0 Å². The van der Waals surface area contributed by atoms with E-state index in [9.17, 15) is 14.4 Å². The Balaban J connectivity index is 2.36. The third-order valence-electron chi connectivity index (χ3n) is 2.91. The summed E-state index contributed by atoms with van der Waals surface area (Å²) in [5.74, 6) is -0.802. The Bertz CT molecular complexity index is 578. The number of hydrogen-bond acceptors (Lipinski definition) is 4. The van der Waals surface area contributed by atoms with Crippen LogP contribution in [0.2, 0.25) is 5.02 Å². The number of benzene rings is 1. The van der Waals surface area contributed by atoms with Gasteiger partial charge >= 0.3 is 0 Å². The molecule has 0 aliphatic carbocycles. The molecule has 0 saturated carbocycles. The molecule has 0 atom stereocenters. The molecule has 1 rings (SSSR count). The molecule has 3 amide bonds.